The maximum Gasteiger partial charge on any atom is 0.275 e. The maximum atomic E-state index is 10.9. The molecule has 9 heteroatoms. The molecule has 1 N–H and O–H groups in total. The first-order valence-corrected chi connectivity index (χ1v) is 7.10. The Morgan fingerprint density at radius 3 is 2.84 bits per heavy atom. The van der Waals surface area contributed by atoms with Crippen LogP contribution in [0.25, 0.3) is 0 Å². The first-order chi connectivity index (χ1) is 9.08. The fourth-order valence-corrected chi connectivity index (χ4v) is 3.11. The fraction of sp³-hybridized carbons (Fsp3) is 0.300. The average Bonchev–Trinajstić information content (AvgIpc) is 2.75. The van der Waals surface area contributed by atoms with Crippen LogP contribution in [0, 0.1) is 17.0 Å². The van der Waals surface area contributed by atoms with E-state index in [9.17, 15) is 10.1 Å². The summed E-state index contributed by atoms with van der Waals surface area (Å²) in [5.74, 6) is 0.487. The van der Waals surface area contributed by atoms with Gasteiger partial charge in [-0.2, -0.15) is 0 Å². The highest BCUT2D eigenvalue weighted by atomic mass is 32.2. The highest BCUT2D eigenvalue weighted by Crippen LogP contribution is 2.31. The summed E-state index contributed by atoms with van der Waals surface area (Å²) in [4.78, 5) is 14.7. The van der Waals surface area contributed by atoms with Gasteiger partial charge in [0.05, 0.1) is 11.0 Å². The van der Waals surface area contributed by atoms with Crippen LogP contribution in [-0.4, -0.2) is 26.6 Å². The minimum Gasteiger partial charge on any atom is -0.370 e. The van der Waals surface area contributed by atoms with E-state index in [0.29, 0.717) is 21.7 Å². The number of aryl methyl sites for hydroxylation is 1. The third-order valence-corrected chi connectivity index (χ3v) is 3.86. The SMILES string of the molecule is CCNc1cc([N+](=O)[O-])cc(Sc2nnc(C)s2)n1. The van der Waals surface area contributed by atoms with Crippen molar-refractivity contribution in [2.45, 2.75) is 23.2 Å². The second kappa shape index (κ2) is 5.93. The maximum absolute atomic E-state index is 10.9. The summed E-state index contributed by atoms with van der Waals surface area (Å²) < 4.78 is 0.716. The number of anilines is 1. The molecule has 19 heavy (non-hydrogen) atoms. The number of aromatic nitrogens is 3. The van der Waals surface area contributed by atoms with E-state index in [2.05, 4.69) is 20.5 Å². The lowest BCUT2D eigenvalue weighted by Crippen LogP contribution is -2.01. The molecule has 0 spiro atoms. The van der Waals surface area contributed by atoms with Crippen molar-refractivity contribution in [2.75, 3.05) is 11.9 Å². The van der Waals surface area contributed by atoms with Crippen LogP contribution in [-0.2, 0) is 0 Å². The molecule has 0 fully saturated rings. The lowest BCUT2D eigenvalue weighted by Gasteiger charge is -2.04. The molecule has 0 aliphatic heterocycles. The van der Waals surface area contributed by atoms with Crippen molar-refractivity contribution in [3.8, 4) is 0 Å². The van der Waals surface area contributed by atoms with Crippen LogP contribution in [0.15, 0.2) is 21.5 Å². The lowest BCUT2D eigenvalue weighted by molar-refractivity contribution is -0.385. The molecule has 0 bridgehead atoms. The summed E-state index contributed by atoms with van der Waals surface area (Å²) in [5.41, 5.74) is 0.00897. The Labute approximate surface area is 117 Å². The predicted molar refractivity (Wildman–Crippen MR) is 73.8 cm³/mol. The molecule has 2 heterocycles. The zero-order valence-electron chi connectivity index (χ0n) is 10.3. The summed E-state index contributed by atoms with van der Waals surface area (Å²) in [7, 11) is 0. The number of rotatable bonds is 5. The predicted octanol–water partition coefficient (Wildman–Crippen LogP) is 2.73. The van der Waals surface area contributed by atoms with Gasteiger partial charge < -0.3 is 5.32 Å². The van der Waals surface area contributed by atoms with Crippen LogP contribution in [0.2, 0.25) is 0 Å². The quantitative estimate of drug-likeness (QED) is 0.669. The van der Waals surface area contributed by atoms with E-state index in [-0.39, 0.29) is 5.69 Å². The summed E-state index contributed by atoms with van der Waals surface area (Å²) in [6, 6.07) is 2.85. The van der Waals surface area contributed by atoms with Gasteiger partial charge in [-0.3, -0.25) is 10.1 Å². The Morgan fingerprint density at radius 2 is 2.26 bits per heavy atom. The largest absolute Gasteiger partial charge is 0.370 e. The second-order valence-electron chi connectivity index (χ2n) is 3.53. The number of nitro groups is 1. The molecule has 7 nitrogen and oxygen atoms in total. The molecule has 0 aromatic carbocycles. The van der Waals surface area contributed by atoms with Crippen LogP contribution in [0.1, 0.15) is 11.9 Å². The molecule has 2 aromatic rings. The summed E-state index contributed by atoms with van der Waals surface area (Å²) in [6.07, 6.45) is 0. The zero-order valence-corrected chi connectivity index (χ0v) is 11.9. The monoisotopic (exact) mass is 297 g/mol. The van der Waals surface area contributed by atoms with Gasteiger partial charge in [0.15, 0.2) is 4.34 Å². The third kappa shape index (κ3) is 3.61. The fourth-order valence-electron chi connectivity index (χ4n) is 1.33. The topological polar surface area (TPSA) is 93.8 Å². The molecule has 0 aliphatic carbocycles. The van der Waals surface area contributed by atoms with Crippen molar-refractivity contribution in [3.63, 3.8) is 0 Å². The molecule has 2 rings (SSSR count). The Morgan fingerprint density at radius 1 is 1.47 bits per heavy atom. The smallest absolute Gasteiger partial charge is 0.275 e. The van der Waals surface area contributed by atoms with Crippen LogP contribution >= 0.6 is 23.1 Å². The average molecular weight is 297 g/mol. The third-order valence-electron chi connectivity index (χ3n) is 2.05. The van der Waals surface area contributed by atoms with Gasteiger partial charge in [-0.1, -0.05) is 11.3 Å². The van der Waals surface area contributed by atoms with Gasteiger partial charge in [-0.15, -0.1) is 10.2 Å². The minimum absolute atomic E-state index is 0.00897. The molecule has 0 saturated carbocycles. The van der Waals surface area contributed by atoms with E-state index in [1.54, 1.807) is 0 Å². The molecule has 0 saturated heterocycles. The Hall–Kier alpha value is -1.74. The molecule has 100 valence electrons. The number of nitrogens with one attached hydrogen (secondary N) is 1. The standard InChI is InChI=1S/C10H11N5O2S2/c1-3-11-8-4-7(15(16)17)5-9(12-8)19-10-14-13-6(2)18-10/h4-5H,3H2,1-2H3,(H,11,12). The van der Waals surface area contributed by atoms with Gasteiger partial charge in [0.2, 0.25) is 0 Å². The van der Waals surface area contributed by atoms with E-state index < -0.39 is 4.92 Å². The molecule has 2 aromatic heterocycles. The number of hydrogen-bond acceptors (Lipinski definition) is 8. The van der Waals surface area contributed by atoms with Crippen molar-refractivity contribution in [2.24, 2.45) is 0 Å². The second-order valence-corrected chi connectivity index (χ2v) is 5.97. The molecule has 0 atom stereocenters. The summed E-state index contributed by atoms with van der Waals surface area (Å²) >= 11 is 2.70. The molecular formula is C10H11N5O2S2. The summed E-state index contributed by atoms with van der Waals surface area (Å²) in [6.45, 7) is 4.41. The summed E-state index contributed by atoms with van der Waals surface area (Å²) in [5, 5.41) is 23.1. The van der Waals surface area contributed by atoms with Crippen LogP contribution in [0.3, 0.4) is 0 Å². The van der Waals surface area contributed by atoms with E-state index in [1.165, 1.54) is 35.2 Å². The first kappa shape index (κ1) is 13.7. The van der Waals surface area contributed by atoms with Crippen LogP contribution < -0.4 is 5.32 Å². The molecule has 0 amide bonds. The van der Waals surface area contributed by atoms with Gasteiger partial charge in [0, 0.05) is 12.6 Å². The van der Waals surface area contributed by atoms with Gasteiger partial charge in [-0.25, -0.2) is 4.98 Å². The van der Waals surface area contributed by atoms with Crippen molar-refractivity contribution in [1.82, 2.24) is 15.2 Å². The first-order valence-electron chi connectivity index (χ1n) is 5.47. The van der Waals surface area contributed by atoms with E-state index in [1.807, 2.05) is 13.8 Å². The van der Waals surface area contributed by atoms with Crippen molar-refractivity contribution >= 4 is 34.6 Å². The van der Waals surface area contributed by atoms with Gasteiger partial charge in [0.1, 0.15) is 15.9 Å². The molecule has 0 aliphatic rings. The van der Waals surface area contributed by atoms with Crippen molar-refractivity contribution in [1.29, 1.82) is 0 Å². The Bertz CT molecular complexity index is 601. The Kier molecular flexibility index (Phi) is 4.27. The molecule has 0 radical (unpaired) electrons. The zero-order chi connectivity index (χ0) is 13.8. The van der Waals surface area contributed by atoms with E-state index in [0.717, 1.165) is 5.01 Å². The van der Waals surface area contributed by atoms with E-state index in [4.69, 9.17) is 0 Å². The van der Waals surface area contributed by atoms with Crippen molar-refractivity contribution < 1.29 is 4.92 Å². The number of hydrogen-bond donors (Lipinski definition) is 1. The van der Waals surface area contributed by atoms with Crippen molar-refractivity contribution in [3.05, 3.63) is 27.3 Å². The normalized spacial score (nSPS) is 10.4. The van der Waals surface area contributed by atoms with Gasteiger partial charge in [-0.05, 0) is 25.6 Å². The van der Waals surface area contributed by atoms with Gasteiger partial charge in [0.25, 0.3) is 5.69 Å². The van der Waals surface area contributed by atoms with E-state index >= 15 is 0 Å². The van der Waals surface area contributed by atoms with Crippen LogP contribution in [0.4, 0.5) is 11.5 Å². The van der Waals surface area contributed by atoms with Crippen LogP contribution in [0.5, 0.6) is 0 Å². The number of nitrogens with zero attached hydrogens (tertiary/aromatic N) is 4. The minimum atomic E-state index is -0.433. The molecular weight excluding hydrogens is 286 g/mol. The lowest BCUT2D eigenvalue weighted by atomic mass is 10.4. The highest BCUT2D eigenvalue weighted by molar-refractivity contribution is 8.01. The Balaban J connectivity index is 2.30. The number of pyridine rings is 1. The highest BCUT2D eigenvalue weighted by Gasteiger charge is 2.13. The molecule has 0 unspecified atom stereocenters. The van der Waals surface area contributed by atoms with Gasteiger partial charge >= 0.3 is 0 Å².